The normalized spacial score (nSPS) is 8.82. The van der Waals surface area contributed by atoms with Crippen LogP contribution in [0, 0.1) is 11.3 Å². The first-order chi connectivity index (χ1) is 5.31. The number of thiazole rings is 1. The van der Waals surface area contributed by atoms with Crippen LogP contribution in [0.3, 0.4) is 0 Å². The number of hydrogen-bond donors (Lipinski definition) is 2. The molecule has 1 aromatic rings. The summed E-state index contributed by atoms with van der Waals surface area (Å²) in [6.45, 7) is 0. The molecule has 0 bridgehead atoms. The predicted molar refractivity (Wildman–Crippen MR) is 45.9 cm³/mol. The summed E-state index contributed by atoms with van der Waals surface area (Å²) in [6, 6.07) is 2.05. The molecular formula is C6H8N4S. The molecule has 0 aliphatic carbocycles. The molecule has 0 spiro atoms. The van der Waals surface area contributed by atoms with Crippen LogP contribution in [0.5, 0.6) is 0 Å². The molecule has 4 nitrogen and oxygen atoms in total. The molecule has 0 aromatic carbocycles. The summed E-state index contributed by atoms with van der Waals surface area (Å²) >= 11 is 1.34. The highest BCUT2D eigenvalue weighted by atomic mass is 32.1. The largest absolute Gasteiger partial charge is 0.371 e. The summed E-state index contributed by atoms with van der Waals surface area (Å²) in [5.41, 5.74) is 0. The highest BCUT2D eigenvalue weighted by Crippen LogP contribution is 2.24. The summed E-state index contributed by atoms with van der Waals surface area (Å²) in [6.07, 6.45) is 0. The average Bonchev–Trinajstić information content (AvgIpc) is 2.46. The smallest absolute Gasteiger partial charge is 0.185 e. The minimum Gasteiger partial charge on any atom is -0.371 e. The van der Waals surface area contributed by atoms with Crippen LogP contribution < -0.4 is 10.6 Å². The Balaban J connectivity index is 3.05. The summed E-state index contributed by atoms with van der Waals surface area (Å²) in [5, 5.41) is 15.1. The van der Waals surface area contributed by atoms with Crippen LogP contribution in [-0.4, -0.2) is 19.1 Å². The maximum absolute atomic E-state index is 8.61. The van der Waals surface area contributed by atoms with Gasteiger partial charge in [-0.3, -0.25) is 0 Å². The van der Waals surface area contributed by atoms with Gasteiger partial charge in [0.1, 0.15) is 6.07 Å². The van der Waals surface area contributed by atoms with Crippen molar-refractivity contribution in [2.45, 2.75) is 0 Å². The molecule has 1 rings (SSSR count). The second kappa shape index (κ2) is 3.21. The van der Waals surface area contributed by atoms with E-state index in [1.807, 2.05) is 0 Å². The Bertz CT molecular complexity index is 285. The summed E-state index contributed by atoms with van der Waals surface area (Å²) in [4.78, 5) is 4.70. The molecule has 11 heavy (non-hydrogen) atoms. The van der Waals surface area contributed by atoms with E-state index in [0.717, 1.165) is 5.13 Å². The van der Waals surface area contributed by atoms with Crippen LogP contribution in [0.1, 0.15) is 4.88 Å². The van der Waals surface area contributed by atoms with Crippen molar-refractivity contribution in [3.63, 3.8) is 0 Å². The van der Waals surface area contributed by atoms with Crippen molar-refractivity contribution in [3.8, 4) is 6.07 Å². The van der Waals surface area contributed by atoms with Crippen molar-refractivity contribution < 1.29 is 0 Å². The van der Waals surface area contributed by atoms with Gasteiger partial charge in [0.2, 0.25) is 0 Å². The van der Waals surface area contributed by atoms with Crippen molar-refractivity contribution in [2.75, 3.05) is 24.7 Å². The monoisotopic (exact) mass is 168 g/mol. The Morgan fingerprint density at radius 2 is 2.18 bits per heavy atom. The molecule has 0 aliphatic heterocycles. The van der Waals surface area contributed by atoms with Crippen molar-refractivity contribution in [2.24, 2.45) is 0 Å². The minimum absolute atomic E-state index is 0.608. The van der Waals surface area contributed by atoms with Crippen LogP contribution in [0.15, 0.2) is 0 Å². The highest BCUT2D eigenvalue weighted by Gasteiger charge is 2.06. The van der Waals surface area contributed by atoms with E-state index in [9.17, 15) is 0 Å². The highest BCUT2D eigenvalue weighted by molar-refractivity contribution is 7.16. The molecular weight excluding hydrogens is 160 g/mol. The second-order valence-corrected chi connectivity index (χ2v) is 2.81. The summed E-state index contributed by atoms with van der Waals surface area (Å²) < 4.78 is 0. The van der Waals surface area contributed by atoms with Gasteiger partial charge in [0.05, 0.1) is 0 Å². The van der Waals surface area contributed by atoms with Gasteiger partial charge in [0.25, 0.3) is 0 Å². The van der Waals surface area contributed by atoms with Crippen molar-refractivity contribution in [3.05, 3.63) is 4.88 Å². The molecule has 0 saturated heterocycles. The Morgan fingerprint density at radius 3 is 2.55 bits per heavy atom. The van der Waals surface area contributed by atoms with E-state index in [1.54, 1.807) is 14.1 Å². The van der Waals surface area contributed by atoms with Crippen LogP contribution in [0.4, 0.5) is 10.9 Å². The van der Waals surface area contributed by atoms with E-state index >= 15 is 0 Å². The molecule has 2 N–H and O–H groups in total. The van der Waals surface area contributed by atoms with Crippen molar-refractivity contribution in [1.82, 2.24) is 4.98 Å². The number of nitrogens with one attached hydrogen (secondary N) is 2. The van der Waals surface area contributed by atoms with Gasteiger partial charge in [-0.15, -0.1) is 0 Å². The first kappa shape index (κ1) is 7.82. The average molecular weight is 168 g/mol. The zero-order valence-electron chi connectivity index (χ0n) is 6.30. The molecule has 5 heteroatoms. The van der Waals surface area contributed by atoms with E-state index in [-0.39, 0.29) is 0 Å². The van der Waals surface area contributed by atoms with Gasteiger partial charge in [0, 0.05) is 14.1 Å². The number of hydrogen-bond acceptors (Lipinski definition) is 5. The van der Waals surface area contributed by atoms with Gasteiger partial charge in [-0.05, 0) is 0 Å². The van der Waals surface area contributed by atoms with E-state index in [2.05, 4.69) is 21.7 Å². The van der Waals surface area contributed by atoms with Crippen LogP contribution in [0.25, 0.3) is 0 Å². The molecule has 58 valence electrons. The minimum atomic E-state index is 0.608. The zero-order chi connectivity index (χ0) is 8.27. The number of aromatic nitrogens is 1. The fraction of sp³-hybridized carbons (Fsp3) is 0.333. The molecule has 0 saturated carbocycles. The van der Waals surface area contributed by atoms with Gasteiger partial charge >= 0.3 is 0 Å². The third-order valence-electron chi connectivity index (χ3n) is 1.18. The lowest BCUT2D eigenvalue weighted by atomic mass is 10.5. The Morgan fingerprint density at radius 1 is 1.45 bits per heavy atom. The lowest BCUT2D eigenvalue weighted by Crippen LogP contribution is -1.91. The number of rotatable bonds is 2. The van der Waals surface area contributed by atoms with Gasteiger partial charge < -0.3 is 10.6 Å². The maximum atomic E-state index is 8.61. The molecule has 0 fully saturated rings. The van der Waals surface area contributed by atoms with E-state index < -0.39 is 0 Å². The fourth-order valence-electron chi connectivity index (χ4n) is 0.672. The third-order valence-corrected chi connectivity index (χ3v) is 2.16. The Labute approximate surface area is 68.9 Å². The quantitative estimate of drug-likeness (QED) is 0.694. The van der Waals surface area contributed by atoms with Crippen molar-refractivity contribution in [1.29, 1.82) is 5.26 Å². The number of nitrogens with zero attached hydrogens (tertiary/aromatic N) is 2. The van der Waals surface area contributed by atoms with E-state index in [1.165, 1.54) is 11.3 Å². The fourth-order valence-corrected chi connectivity index (χ4v) is 1.39. The van der Waals surface area contributed by atoms with E-state index in [4.69, 9.17) is 5.26 Å². The SMILES string of the molecule is CNc1nc(NC)c(C#N)s1. The molecule has 0 atom stereocenters. The van der Waals surface area contributed by atoms with Crippen LogP contribution in [-0.2, 0) is 0 Å². The zero-order valence-corrected chi connectivity index (χ0v) is 7.12. The second-order valence-electron chi connectivity index (χ2n) is 1.81. The van der Waals surface area contributed by atoms with Crippen LogP contribution >= 0.6 is 11.3 Å². The lowest BCUT2D eigenvalue weighted by Gasteiger charge is -1.90. The first-order valence-corrected chi connectivity index (χ1v) is 3.90. The van der Waals surface area contributed by atoms with Gasteiger partial charge in [-0.25, -0.2) is 4.98 Å². The summed E-state index contributed by atoms with van der Waals surface area (Å²) in [7, 11) is 3.52. The molecule has 0 unspecified atom stereocenters. The van der Waals surface area contributed by atoms with E-state index in [0.29, 0.717) is 10.7 Å². The molecule has 1 aromatic heterocycles. The van der Waals surface area contributed by atoms with Crippen molar-refractivity contribution >= 4 is 22.3 Å². The molecule has 0 radical (unpaired) electrons. The molecule has 1 heterocycles. The Kier molecular flexibility index (Phi) is 2.28. The topological polar surface area (TPSA) is 60.7 Å². The first-order valence-electron chi connectivity index (χ1n) is 3.08. The van der Waals surface area contributed by atoms with Gasteiger partial charge in [0.15, 0.2) is 15.8 Å². The van der Waals surface area contributed by atoms with Gasteiger partial charge in [-0.1, -0.05) is 11.3 Å². The third kappa shape index (κ3) is 1.41. The number of anilines is 2. The van der Waals surface area contributed by atoms with Gasteiger partial charge in [-0.2, -0.15) is 5.26 Å². The molecule has 0 amide bonds. The molecule has 0 aliphatic rings. The number of nitriles is 1. The summed E-state index contributed by atoms with van der Waals surface area (Å²) in [5.74, 6) is 0.641. The predicted octanol–water partition coefficient (Wildman–Crippen LogP) is 1.10. The Hall–Kier alpha value is -1.28. The van der Waals surface area contributed by atoms with Crippen LogP contribution in [0.2, 0.25) is 0 Å². The standard InChI is InChI=1S/C6H8N4S/c1-8-5-4(3-7)11-6(9-2)10-5/h8H,1-2H3,(H,9,10). The lowest BCUT2D eigenvalue weighted by molar-refractivity contribution is 1.32. The maximum Gasteiger partial charge on any atom is 0.185 e.